The molecule has 0 aliphatic heterocycles. The molecule has 1 aromatic carbocycles. The lowest BCUT2D eigenvalue weighted by Gasteiger charge is -2.26. The van der Waals surface area contributed by atoms with Gasteiger partial charge in [0.05, 0.1) is 17.5 Å². The summed E-state index contributed by atoms with van der Waals surface area (Å²) in [4.78, 5) is 13.8. The minimum absolute atomic E-state index is 0.0456. The fourth-order valence-corrected chi connectivity index (χ4v) is 4.31. The monoisotopic (exact) mass is 377 g/mol. The first-order chi connectivity index (χ1) is 12.4. The van der Waals surface area contributed by atoms with E-state index in [2.05, 4.69) is 17.2 Å². The van der Waals surface area contributed by atoms with Gasteiger partial charge in [0.2, 0.25) is 5.91 Å². The van der Waals surface area contributed by atoms with Crippen LogP contribution in [0, 0.1) is 11.8 Å². The number of carbonyl (C=O) groups is 1. The van der Waals surface area contributed by atoms with Gasteiger partial charge >= 0.3 is 6.18 Å². The van der Waals surface area contributed by atoms with Crippen LogP contribution in [0.2, 0.25) is 0 Å². The van der Waals surface area contributed by atoms with Crippen LogP contribution in [0.3, 0.4) is 0 Å². The Bertz CT molecular complexity index is 825. The van der Waals surface area contributed by atoms with Gasteiger partial charge in [-0.15, -0.1) is 11.3 Å². The number of halogens is 3. The summed E-state index contributed by atoms with van der Waals surface area (Å²) in [5, 5.41) is 4.81. The molecule has 0 saturated heterocycles. The van der Waals surface area contributed by atoms with Gasteiger partial charge in [-0.2, -0.15) is 13.2 Å². The predicted octanol–water partition coefficient (Wildman–Crippen LogP) is 4.75. The van der Waals surface area contributed by atoms with Crippen molar-refractivity contribution in [1.29, 1.82) is 0 Å². The van der Waals surface area contributed by atoms with Crippen molar-refractivity contribution >= 4 is 17.2 Å². The van der Waals surface area contributed by atoms with Gasteiger partial charge < -0.3 is 5.32 Å². The average molecular weight is 377 g/mol. The van der Waals surface area contributed by atoms with E-state index in [0.29, 0.717) is 0 Å². The Morgan fingerprint density at radius 2 is 1.96 bits per heavy atom. The lowest BCUT2D eigenvalue weighted by atomic mass is 9.83. The summed E-state index contributed by atoms with van der Waals surface area (Å²) >= 11 is 1.58. The van der Waals surface area contributed by atoms with E-state index in [1.54, 1.807) is 11.3 Å². The van der Waals surface area contributed by atoms with E-state index in [1.807, 2.05) is 17.5 Å². The summed E-state index contributed by atoms with van der Waals surface area (Å²) < 4.78 is 38.1. The molecule has 1 N–H and O–H groups in total. The molecule has 1 fully saturated rings. The van der Waals surface area contributed by atoms with Gasteiger partial charge in [-0.25, -0.2) is 0 Å². The topological polar surface area (TPSA) is 29.1 Å². The summed E-state index contributed by atoms with van der Waals surface area (Å²) in [6, 6.07) is 8.81. The molecule has 26 heavy (non-hydrogen) atoms. The molecule has 3 rings (SSSR count). The first-order valence-corrected chi connectivity index (χ1v) is 9.28. The third kappa shape index (κ3) is 3.94. The zero-order valence-electron chi connectivity index (χ0n) is 14.0. The first kappa shape index (κ1) is 18.5. The molecular formula is C20H18F3NOS. The zero-order valence-corrected chi connectivity index (χ0v) is 14.8. The first-order valence-electron chi connectivity index (χ1n) is 8.40. The summed E-state index contributed by atoms with van der Waals surface area (Å²) in [5.74, 6) is 5.39. The van der Waals surface area contributed by atoms with Gasteiger partial charge in [-0.05, 0) is 42.5 Å². The normalized spacial score (nSPS) is 16.0. The number of benzene rings is 1. The second kappa shape index (κ2) is 7.55. The number of hydrogen-bond donors (Lipinski definition) is 1. The van der Waals surface area contributed by atoms with E-state index in [-0.39, 0.29) is 18.0 Å². The molecule has 0 atom stereocenters. The Morgan fingerprint density at radius 3 is 2.62 bits per heavy atom. The average Bonchev–Trinajstić information content (AvgIpc) is 3.29. The zero-order chi connectivity index (χ0) is 18.6. The van der Waals surface area contributed by atoms with Gasteiger partial charge in [0.1, 0.15) is 0 Å². The third-order valence-corrected chi connectivity index (χ3v) is 5.72. The van der Waals surface area contributed by atoms with Crippen LogP contribution >= 0.6 is 11.3 Å². The second-order valence-electron chi connectivity index (χ2n) is 6.33. The lowest BCUT2D eigenvalue weighted by Crippen LogP contribution is -2.42. The molecule has 1 saturated carbocycles. The minimum atomic E-state index is -4.39. The molecule has 6 heteroatoms. The number of rotatable bonds is 3. The molecular weight excluding hydrogens is 359 g/mol. The molecule has 0 spiro atoms. The number of thiophene rings is 1. The molecule has 0 bridgehead atoms. The largest absolute Gasteiger partial charge is 0.416 e. The quantitative estimate of drug-likeness (QED) is 0.769. The fraction of sp³-hybridized carbons (Fsp3) is 0.350. The lowest BCUT2D eigenvalue weighted by molar-refractivity contribution is -0.137. The Balaban J connectivity index is 1.65. The molecule has 2 nitrogen and oxygen atoms in total. The van der Waals surface area contributed by atoms with Crippen molar-refractivity contribution in [3.63, 3.8) is 0 Å². The highest BCUT2D eigenvalue weighted by molar-refractivity contribution is 7.10. The molecule has 1 aliphatic rings. The highest BCUT2D eigenvalue weighted by Gasteiger charge is 2.43. The van der Waals surface area contributed by atoms with E-state index >= 15 is 0 Å². The van der Waals surface area contributed by atoms with Gasteiger partial charge in [0.15, 0.2) is 0 Å². The molecule has 2 aromatic rings. The Hall–Kier alpha value is -2.26. The van der Waals surface area contributed by atoms with Gasteiger partial charge in [0.25, 0.3) is 0 Å². The minimum Gasteiger partial charge on any atom is -0.344 e. The molecule has 0 unspecified atom stereocenters. The van der Waals surface area contributed by atoms with E-state index in [1.165, 1.54) is 12.1 Å². The number of nitrogens with one attached hydrogen (secondary N) is 1. The number of hydrogen-bond acceptors (Lipinski definition) is 2. The van der Waals surface area contributed by atoms with Crippen molar-refractivity contribution in [2.75, 3.05) is 6.54 Å². The molecule has 1 heterocycles. The van der Waals surface area contributed by atoms with Crippen molar-refractivity contribution < 1.29 is 18.0 Å². The molecule has 1 aliphatic carbocycles. The smallest absolute Gasteiger partial charge is 0.344 e. The Labute approximate surface area is 154 Å². The fourth-order valence-electron chi connectivity index (χ4n) is 3.33. The van der Waals surface area contributed by atoms with Crippen LogP contribution in [0.25, 0.3) is 0 Å². The van der Waals surface area contributed by atoms with Crippen LogP contribution < -0.4 is 5.32 Å². The van der Waals surface area contributed by atoms with Crippen molar-refractivity contribution in [1.82, 2.24) is 5.32 Å². The van der Waals surface area contributed by atoms with Crippen molar-refractivity contribution in [2.24, 2.45) is 0 Å². The maximum atomic E-state index is 12.7. The van der Waals surface area contributed by atoms with Crippen molar-refractivity contribution in [3.05, 3.63) is 57.8 Å². The summed E-state index contributed by atoms with van der Waals surface area (Å²) in [5.41, 5.74) is -0.926. The van der Waals surface area contributed by atoms with Crippen molar-refractivity contribution in [2.45, 2.75) is 37.3 Å². The number of amides is 1. The van der Waals surface area contributed by atoms with E-state index in [9.17, 15) is 18.0 Å². The summed E-state index contributed by atoms with van der Waals surface area (Å²) in [6.45, 7) is 0.113. The van der Waals surface area contributed by atoms with Crippen LogP contribution in [-0.2, 0) is 16.4 Å². The molecule has 1 amide bonds. The maximum absolute atomic E-state index is 12.7. The van der Waals surface area contributed by atoms with Crippen LogP contribution in [-0.4, -0.2) is 12.5 Å². The van der Waals surface area contributed by atoms with Crippen molar-refractivity contribution in [3.8, 4) is 11.8 Å². The predicted molar refractivity (Wildman–Crippen MR) is 95.8 cm³/mol. The Kier molecular flexibility index (Phi) is 5.38. The molecule has 0 radical (unpaired) electrons. The number of carbonyl (C=O) groups excluding carboxylic acids is 1. The summed E-state index contributed by atoms with van der Waals surface area (Å²) in [6.07, 6.45) is -0.718. The van der Waals surface area contributed by atoms with E-state index in [4.69, 9.17) is 0 Å². The maximum Gasteiger partial charge on any atom is 0.416 e. The molecule has 1 aromatic heterocycles. The van der Waals surface area contributed by atoms with Crippen LogP contribution in [0.15, 0.2) is 41.8 Å². The highest BCUT2D eigenvalue weighted by atomic mass is 32.1. The number of alkyl halides is 3. The third-order valence-electron chi connectivity index (χ3n) is 4.64. The Morgan fingerprint density at radius 1 is 1.19 bits per heavy atom. The van der Waals surface area contributed by atoms with Gasteiger partial charge in [0, 0.05) is 10.4 Å². The highest BCUT2D eigenvalue weighted by Crippen LogP contribution is 2.43. The van der Waals surface area contributed by atoms with Gasteiger partial charge in [-0.3, -0.25) is 4.79 Å². The standard InChI is InChI=1S/C20H18F3NOS/c21-20(22,23)16-8-3-6-15(14-16)7-4-12-24-18(25)19(10-1-2-11-19)17-9-5-13-26-17/h3,5-6,8-9,13-14H,1-2,10-12H2,(H,24,25). The van der Waals surface area contributed by atoms with Gasteiger partial charge in [-0.1, -0.05) is 36.8 Å². The molecule has 136 valence electrons. The van der Waals surface area contributed by atoms with Crippen LogP contribution in [0.5, 0.6) is 0 Å². The van der Waals surface area contributed by atoms with Crippen LogP contribution in [0.4, 0.5) is 13.2 Å². The van der Waals surface area contributed by atoms with E-state index in [0.717, 1.165) is 42.7 Å². The van der Waals surface area contributed by atoms with Crippen LogP contribution in [0.1, 0.15) is 41.7 Å². The second-order valence-corrected chi connectivity index (χ2v) is 7.28. The SMILES string of the molecule is O=C(NCC#Cc1cccc(C(F)(F)F)c1)C1(c2cccs2)CCCC1. The summed E-state index contributed by atoms with van der Waals surface area (Å²) in [7, 11) is 0. The van der Waals surface area contributed by atoms with E-state index < -0.39 is 17.2 Å².